The first-order valence-corrected chi connectivity index (χ1v) is 9.07. The lowest BCUT2D eigenvalue weighted by atomic mass is 9.91. The molecule has 0 atom stereocenters. The molecule has 0 unspecified atom stereocenters. The molecule has 3 aromatic carbocycles. The second-order valence-corrected chi connectivity index (χ2v) is 6.68. The molecule has 136 valence electrons. The van der Waals surface area contributed by atoms with Gasteiger partial charge in [0.2, 0.25) is 6.79 Å². The van der Waals surface area contributed by atoms with E-state index >= 15 is 0 Å². The molecule has 5 heteroatoms. The average Bonchev–Trinajstić information content (AvgIpc) is 3.19. The van der Waals surface area contributed by atoms with E-state index in [2.05, 4.69) is 29.6 Å². The van der Waals surface area contributed by atoms with Gasteiger partial charge in [0.15, 0.2) is 11.5 Å². The Bertz CT molecular complexity index is 905. The van der Waals surface area contributed by atoms with E-state index in [1.807, 2.05) is 36.4 Å². The largest absolute Gasteiger partial charge is 0.454 e. The molecule has 0 aromatic heterocycles. The van der Waals surface area contributed by atoms with Crippen LogP contribution in [0.4, 0.5) is 0 Å². The lowest BCUT2D eigenvalue weighted by Crippen LogP contribution is -2.29. The monoisotopic (exact) mass is 379 g/mol. The van der Waals surface area contributed by atoms with Gasteiger partial charge in [-0.05, 0) is 23.3 Å². The van der Waals surface area contributed by atoms with E-state index < -0.39 is 0 Å². The Kier molecular flexibility index (Phi) is 4.99. The Morgan fingerprint density at radius 3 is 2.22 bits per heavy atom. The molecular weight excluding hydrogens is 362 g/mol. The number of hydrogen-bond donors (Lipinski definition) is 1. The van der Waals surface area contributed by atoms with Crippen molar-refractivity contribution >= 4 is 17.5 Å². The lowest BCUT2D eigenvalue weighted by Gasteiger charge is -2.19. The Hall–Kier alpha value is -2.98. The Balaban J connectivity index is 1.54. The molecule has 1 N–H and O–H groups in total. The van der Waals surface area contributed by atoms with Crippen LogP contribution in [-0.4, -0.2) is 19.2 Å². The minimum Gasteiger partial charge on any atom is -0.454 e. The summed E-state index contributed by atoms with van der Waals surface area (Å²) in [6, 6.07) is 23.5. The van der Waals surface area contributed by atoms with Crippen LogP contribution >= 0.6 is 11.6 Å². The summed E-state index contributed by atoms with van der Waals surface area (Å²) in [5, 5.41) is 3.39. The standard InChI is InChI=1S/C22H18ClNO3/c23-19-11-17(12-20-21(19)27-14-26-20)22(25)24-13-18(15-7-3-1-4-8-15)16-9-5-2-6-10-16/h1-12,18H,13-14H2,(H,24,25). The van der Waals surface area contributed by atoms with Crippen molar-refractivity contribution in [3.63, 3.8) is 0 Å². The summed E-state index contributed by atoms with van der Waals surface area (Å²) < 4.78 is 10.6. The van der Waals surface area contributed by atoms with Crippen LogP contribution in [0, 0.1) is 0 Å². The quantitative estimate of drug-likeness (QED) is 0.703. The van der Waals surface area contributed by atoms with E-state index in [1.165, 1.54) is 0 Å². The average molecular weight is 380 g/mol. The third-order valence-electron chi connectivity index (χ3n) is 4.56. The summed E-state index contributed by atoms with van der Waals surface area (Å²) in [5.74, 6) is 0.836. The highest BCUT2D eigenvalue weighted by atomic mass is 35.5. The van der Waals surface area contributed by atoms with E-state index in [4.69, 9.17) is 21.1 Å². The SMILES string of the molecule is O=C(NCC(c1ccccc1)c1ccccc1)c1cc(Cl)c2c(c1)OCO2. The van der Waals surface area contributed by atoms with Crippen LogP contribution in [-0.2, 0) is 0 Å². The summed E-state index contributed by atoms with van der Waals surface area (Å²) in [4.78, 5) is 12.7. The van der Waals surface area contributed by atoms with Gasteiger partial charge >= 0.3 is 0 Å². The maximum atomic E-state index is 12.7. The van der Waals surface area contributed by atoms with Crippen molar-refractivity contribution in [3.05, 3.63) is 94.5 Å². The van der Waals surface area contributed by atoms with Crippen LogP contribution in [0.1, 0.15) is 27.4 Å². The summed E-state index contributed by atoms with van der Waals surface area (Å²) in [6.45, 7) is 0.586. The molecule has 0 saturated heterocycles. The molecule has 1 aliphatic rings. The van der Waals surface area contributed by atoms with Gasteiger partial charge in [-0.3, -0.25) is 4.79 Å². The van der Waals surface area contributed by atoms with E-state index in [0.717, 1.165) is 11.1 Å². The number of ether oxygens (including phenoxy) is 2. The van der Waals surface area contributed by atoms with Gasteiger partial charge in [0.25, 0.3) is 5.91 Å². The molecule has 0 aliphatic carbocycles. The van der Waals surface area contributed by atoms with Gasteiger partial charge < -0.3 is 14.8 Å². The third-order valence-corrected chi connectivity index (χ3v) is 4.84. The zero-order valence-electron chi connectivity index (χ0n) is 14.5. The van der Waals surface area contributed by atoms with Crippen molar-refractivity contribution in [2.75, 3.05) is 13.3 Å². The fourth-order valence-electron chi connectivity index (χ4n) is 3.19. The van der Waals surface area contributed by atoms with Crippen molar-refractivity contribution in [1.82, 2.24) is 5.32 Å². The maximum Gasteiger partial charge on any atom is 0.251 e. The first-order valence-electron chi connectivity index (χ1n) is 8.69. The zero-order chi connectivity index (χ0) is 18.6. The molecule has 0 spiro atoms. The molecule has 0 bridgehead atoms. The molecule has 0 saturated carbocycles. The first kappa shape index (κ1) is 17.4. The molecule has 1 amide bonds. The number of nitrogens with one attached hydrogen (secondary N) is 1. The second kappa shape index (κ2) is 7.72. The lowest BCUT2D eigenvalue weighted by molar-refractivity contribution is 0.0952. The van der Waals surface area contributed by atoms with Crippen LogP contribution in [0.3, 0.4) is 0 Å². The zero-order valence-corrected chi connectivity index (χ0v) is 15.3. The summed E-state index contributed by atoms with van der Waals surface area (Å²) in [5.41, 5.74) is 2.74. The van der Waals surface area contributed by atoms with Crippen LogP contribution in [0.2, 0.25) is 5.02 Å². The Morgan fingerprint density at radius 2 is 1.59 bits per heavy atom. The predicted molar refractivity (Wildman–Crippen MR) is 105 cm³/mol. The fourth-order valence-corrected chi connectivity index (χ4v) is 3.46. The molecule has 4 nitrogen and oxygen atoms in total. The number of rotatable bonds is 5. The van der Waals surface area contributed by atoms with Crippen molar-refractivity contribution in [2.45, 2.75) is 5.92 Å². The summed E-state index contributed by atoms with van der Waals surface area (Å²) >= 11 is 6.19. The van der Waals surface area contributed by atoms with E-state index in [1.54, 1.807) is 12.1 Å². The van der Waals surface area contributed by atoms with E-state index in [9.17, 15) is 4.79 Å². The van der Waals surface area contributed by atoms with E-state index in [0.29, 0.717) is 28.6 Å². The minimum absolute atomic E-state index is 0.0563. The second-order valence-electron chi connectivity index (χ2n) is 6.28. The van der Waals surface area contributed by atoms with Gasteiger partial charge in [-0.2, -0.15) is 0 Å². The maximum absolute atomic E-state index is 12.7. The van der Waals surface area contributed by atoms with Crippen molar-refractivity contribution in [2.24, 2.45) is 0 Å². The highest BCUT2D eigenvalue weighted by Crippen LogP contribution is 2.39. The molecule has 1 heterocycles. The molecular formula is C22H18ClNO3. The van der Waals surface area contributed by atoms with Crippen LogP contribution < -0.4 is 14.8 Å². The predicted octanol–water partition coefficient (Wildman–Crippen LogP) is 4.63. The van der Waals surface area contributed by atoms with Crippen LogP contribution in [0.25, 0.3) is 0 Å². The Labute approximate surface area is 162 Å². The fraction of sp³-hybridized carbons (Fsp3) is 0.136. The molecule has 0 fully saturated rings. The van der Waals surface area contributed by atoms with Crippen molar-refractivity contribution < 1.29 is 14.3 Å². The third kappa shape index (κ3) is 3.76. The number of carbonyl (C=O) groups excluding carboxylic acids is 1. The van der Waals surface area contributed by atoms with E-state index in [-0.39, 0.29) is 18.6 Å². The first-order chi connectivity index (χ1) is 13.2. The summed E-state index contributed by atoms with van der Waals surface area (Å²) in [6.07, 6.45) is 0. The highest BCUT2D eigenvalue weighted by molar-refractivity contribution is 6.32. The van der Waals surface area contributed by atoms with Gasteiger partial charge in [0.05, 0.1) is 5.02 Å². The number of carbonyl (C=O) groups is 1. The minimum atomic E-state index is -0.202. The number of fused-ring (bicyclic) bond motifs is 1. The summed E-state index contributed by atoms with van der Waals surface area (Å²) in [7, 11) is 0. The van der Waals surface area contributed by atoms with Gasteiger partial charge in [0.1, 0.15) is 0 Å². The van der Waals surface area contributed by atoms with Gasteiger partial charge in [-0.15, -0.1) is 0 Å². The van der Waals surface area contributed by atoms with Gasteiger partial charge in [-0.25, -0.2) is 0 Å². The highest BCUT2D eigenvalue weighted by Gasteiger charge is 2.21. The molecule has 0 radical (unpaired) electrons. The Morgan fingerprint density at radius 1 is 0.963 bits per heavy atom. The van der Waals surface area contributed by atoms with Crippen molar-refractivity contribution in [1.29, 1.82) is 0 Å². The molecule has 4 rings (SSSR count). The topological polar surface area (TPSA) is 47.6 Å². The van der Waals surface area contributed by atoms with Crippen LogP contribution in [0.15, 0.2) is 72.8 Å². The molecule has 1 aliphatic heterocycles. The number of amides is 1. The van der Waals surface area contributed by atoms with Crippen molar-refractivity contribution in [3.8, 4) is 11.5 Å². The van der Waals surface area contributed by atoms with Gasteiger partial charge in [0, 0.05) is 18.0 Å². The molecule has 27 heavy (non-hydrogen) atoms. The number of hydrogen-bond acceptors (Lipinski definition) is 3. The number of benzene rings is 3. The number of halogens is 1. The smallest absolute Gasteiger partial charge is 0.251 e. The molecule has 3 aromatic rings. The van der Waals surface area contributed by atoms with Crippen LogP contribution in [0.5, 0.6) is 11.5 Å². The normalized spacial score (nSPS) is 12.2. The van der Waals surface area contributed by atoms with Gasteiger partial charge in [-0.1, -0.05) is 72.3 Å².